The molecule has 0 unspecified atom stereocenters. The molecule has 10 heteroatoms. The first-order valence-corrected chi connectivity index (χ1v) is 11.7. The third-order valence-corrected chi connectivity index (χ3v) is 7.03. The van der Waals surface area contributed by atoms with E-state index in [-0.39, 0.29) is 28.0 Å². The summed E-state index contributed by atoms with van der Waals surface area (Å²) >= 11 is 0. The summed E-state index contributed by atoms with van der Waals surface area (Å²) in [7, 11) is -3.61. The van der Waals surface area contributed by atoms with E-state index >= 15 is 0 Å². The van der Waals surface area contributed by atoms with Crippen LogP contribution in [0.4, 0.5) is 0 Å². The molecule has 0 fully saturated rings. The van der Waals surface area contributed by atoms with E-state index in [0.29, 0.717) is 17.1 Å². The van der Waals surface area contributed by atoms with Crippen molar-refractivity contribution in [1.82, 2.24) is 24.5 Å². The molecule has 0 bridgehead atoms. The molecular weight excluding hydrogens is 486 g/mol. The topological polar surface area (TPSA) is 108 Å². The van der Waals surface area contributed by atoms with Gasteiger partial charge in [0.15, 0.2) is 5.78 Å². The summed E-state index contributed by atoms with van der Waals surface area (Å²) in [6, 6.07) is 16.7. The first-order chi connectivity index (χ1) is 16.5. The number of benzene rings is 2. The van der Waals surface area contributed by atoms with Crippen LogP contribution in [0, 0.1) is 0 Å². The summed E-state index contributed by atoms with van der Waals surface area (Å²) in [5, 5.41) is 0. The number of carbonyl (C=O) groups is 1. The zero-order valence-electron chi connectivity index (χ0n) is 18.1. The molecular formula is C25H18ClN5O3S. The van der Waals surface area contributed by atoms with Gasteiger partial charge in [0.05, 0.1) is 15.4 Å². The lowest BCUT2D eigenvalue weighted by atomic mass is 10.0. The Labute approximate surface area is 207 Å². The van der Waals surface area contributed by atoms with Crippen molar-refractivity contribution >= 4 is 28.0 Å². The summed E-state index contributed by atoms with van der Waals surface area (Å²) in [4.78, 5) is 29.5. The third-order valence-electron chi connectivity index (χ3n) is 5.24. The van der Waals surface area contributed by atoms with Crippen LogP contribution in [0.15, 0.2) is 114 Å². The summed E-state index contributed by atoms with van der Waals surface area (Å²) in [6.45, 7) is 0. The number of pyridine rings is 1. The number of carbonyl (C=O) groups excluding carboxylic acids is 1. The lowest BCUT2D eigenvalue weighted by Crippen LogP contribution is -2.05. The fourth-order valence-electron chi connectivity index (χ4n) is 3.41. The van der Waals surface area contributed by atoms with Crippen molar-refractivity contribution < 1.29 is 13.2 Å². The molecule has 0 aliphatic rings. The second kappa shape index (κ2) is 9.96. The highest BCUT2D eigenvalue weighted by atomic mass is 35.5. The highest BCUT2D eigenvalue weighted by Crippen LogP contribution is 2.25. The molecule has 0 atom stereocenters. The maximum absolute atomic E-state index is 12.8. The predicted molar refractivity (Wildman–Crippen MR) is 131 cm³/mol. The average molecular weight is 504 g/mol. The zero-order valence-corrected chi connectivity index (χ0v) is 19.7. The SMILES string of the molecule is Cl.O=C(c1ccc(-c2ccc(S(=O)(=O)c3ccncc3)cc2)cc1)c1cnc(-n2ccnc2)nc1. The lowest BCUT2D eigenvalue weighted by molar-refractivity contribution is 0.103. The highest BCUT2D eigenvalue weighted by molar-refractivity contribution is 7.91. The van der Waals surface area contributed by atoms with Crippen LogP contribution in [0.3, 0.4) is 0 Å². The normalized spacial score (nSPS) is 11.0. The minimum atomic E-state index is -3.61. The Morgan fingerprint density at radius 2 is 1.26 bits per heavy atom. The van der Waals surface area contributed by atoms with Gasteiger partial charge in [-0.1, -0.05) is 36.4 Å². The van der Waals surface area contributed by atoms with Crippen LogP contribution in [0.2, 0.25) is 0 Å². The van der Waals surface area contributed by atoms with Gasteiger partial charge in [-0.15, -0.1) is 12.4 Å². The molecule has 3 aromatic heterocycles. The van der Waals surface area contributed by atoms with Gasteiger partial charge in [-0.3, -0.25) is 14.3 Å². The van der Waals surface area contributed by atoms with E-state index in [1.807, 2.05) is 12.1 Å². The Morgan fingerprint density at radius 3 is 1.83 bits per heavy atom. The zero-order chi connectivity index (χ0) is 23.5. The number of imidazole rings is 1. The molecule has 0 saturated heterocycles. The van der Waals surface area contributed by atoms with Crippen molar-refractivity contribution in [2.75, 3.05) is 0 Å². The number of aromatic nitrogens is 5. The van der Waals surface area contributed by atoms with Crippen LogP contribution in [0.25, 0.3) is 17.1 Å². The van der Waals surface area contributed by atoms with E-state index in [2.05, 4.69) is 19.9 Å². The van der Waals surface area contributed by atoms with Gasteiger partial charge in [-0.05, 0) is 35.4 Å². The smallest absolute Gasteiger partial charge is 0.234 e. The van der Waals surface area contributed by atoms with Crippen molar-refractivity contribution in [2.45, 2.75) is 9.79 Å². The molecule has 174 valence electrons. The maximum atomic E-state index is 12.8. The summed E-state index contributed by atoms with van der Waals surface area (Å²) < 4.78 is 27.1. The Bertz CT molecular complexity index is 1540. The van der Waals surface area contributed by atoms with E-state index in [9.17, 15) is 13.2 Å². The van der Waals surface area contributed by atoms with Crippen molar-refractivity contribution in [2.24, 2.45) is 0 Å². The van der Waals surface area contributed by atoms with Gasteiger partial charge in [0, 0.05) is 42.7 Å². The summed E-state index contributed by atoms with van der Waals surface area (Å²) in [5.41, 5.74) is 2.57. The number of hydrogen-bond donors (Lipinski definition) is 0. The Morgan fingerprint density at radius 1 is 0.686 bits per heavy atom. The van der Waals surface area contributed by atoms with Crippen LogP contribution in [0.5, 0.6) is 0 Å². The van der Waals surface area contributed by atoms with Gasteiger partial charge in [0.25, 0.3) is 0 Å². The molecule has 2 aromatic carbocycles. The molecule has 0 N–H and O–H groups in total. The van der Waals surface area contributed by atoms with Crippen molar-refractivity contribution in [3.8, 4) is 17.1 Å². The van der Waals surface area contributed by atoms with Crippen molar-refractivity contribution in [3.63, 3.8) is 0 Å². The maximum Gasteiger partial charge on any atom is 0.234 e. The van der Waals surface area contributed by atoms with E-state index < -0.39 is 9.84 Å². The molecule has 8 nitrogen and oxygen atoms in total. The molecule has 0 saturated carbocycles. The Hall–Kier alpha value is -4.21. The number of sulfone groups is 1. The quantitative estimate of drug-likeness (QED) is 0.319. The first-order valence-electron chi connectivity index (χ1n) is 10.2. The monoisotopic (exact) mass is 503 g/mol. The predicted octanol–water partition coefficient (Wildman–Crippen LogP) is 4.21. The van der Waals surface area contributed by atoms with Crippen LogP contribution >= 0.6 is 12.4 Å². The number of halogens is 1. The van der Waals surface area contributed by atoms with Crippen LogP contribution in [-0.4, -0.2) is 38.7 Å². The fraction of sp³-hybridized carbons (Fsp3) is 0. The third kappa shape index (κ3) is 4.86. The molecule has 5 rings (SSSR count). The van der Waals surface area contributed by atoms with E-state index in [1.54, 1.807) is 59.7 Å². The standard InChI is InChI=1S/C25H17N5O3S.ClH/c31-24(21-15-28-25(29-16-21)30-14-13-27-17-30)20-3-1-18(2-4-20)19-5-7-22(8-6-19)34(32,33)23-9-11-26-12-10-23;/h1-17H;1H. The first kappa shape index (κ1) is 23.9. The van der Waals surface area contributed by atoms with Crippen molar-refractivity contribution in [1.29, 1.82) is 0 Å². The molecule has 0 aliphatic heterocycles. The van der Waals surface area contributed by atoms with Gasteiger partial charge in [-0.2, -0.15) is 0 Å². The van der Waals surface area contributed by atoms with Gasteiger partial charge < -0.3 is 0 Å². The van der Waals surface area contributed by atoms with Crippen LogP contribution < -0.4 is 0 Å². The highest BCUT2D eigenvalue weighted by Gasteiger charge is 2.17. The molecule has 35 heavy (non-hydrogen) atoms. The molecule has 0 radical (unpaired) electrons. The molecule has 0 spiro atoms. The van der Waals surface area contributed by atoms with Gasteiger partial charge in [0.2, 0.25) is 15.8 Å². The number of ketones is 1. The second-order valence-electron chi connectivity index (χ2n) is 7.36. The summed E-state index contributed by atoms with van der Waals surface area (Å²) in [6.07, 6.45) is 10.8. The van der Waals surface area contributed by atoms with Crippen molar-refractivity contribution in [3.05, 3.63) is 115 Å². The van der Waals surface area contributed by atoms with Crippen LogP contribution in [0.1, 0.15) is 15.9 Å². The fourth-order valence-corrected chi connectivity index (χ4v) is 4.66. The Balaban J connectivity index is 0.00000289. The Kier molecular flexibility index (Phi) is 6.81. The van der Waals surface area contributed by atoms with E-state index in [4.69, 9.17) is 0 Å². The average Bonchev–Trinajstić information content (AvgIpc) is 3.44. The molecule has 0 aliphatic carbocycles. The molecule has 5 aromatic rings. The number of rotatable bonds is 6. The van der Waals surface area contributed by atoms with Crippen LogP contribution in [-0.2, 0) is 9.84 Å². The molecule has 0 amide bonds. The minimum absolute atomic E-state index is 0. The molecule has 3 heterocycles. The van der Waals surface area contributed by atoms with Gasteiger partial charge in [-0.25, -0.2) is 23.4 Å². The number of nitrogens with zero attached hydrogens (tertiary/aromatic N) is 5. The largest absolute Gasteiger partial charge is 0.288 e. The lowest BCUT2D eigenvalue weighted by Gasteiger charge is -2.07. The number of hydrogen-bond acceptors (Lipinski definition) is 7. The van der Waals surface area contributed by atoms with Gasteiger partial charge in [0.1, 0.15) is 6.33 Å². The second-order valence-corrected chi connectivity index (χ2v) is 9.31. The van der Waals surface area contributed by atoms with E-state index in [0.717, 1.165) is 11.1 Å². The van der Waals surface area contributed by atoms with Gasteiger partial charge >= 0.3 is 0 Å². The minimum Gasteiger partial charge on any atom is -0.288 e. The summed E-state index contributed by atoms with van der Waals surface area (Å²) in [5.74, 6) is 0.237. The van der Waals surface area contributed by atoms with E-state index in [1.165, 1.54) is 36.9 Å².